The molecule has 0 spiro atoms. The zero-order valence-electron chi connectivity index (χ0n) is 6.82. The number of hydrogen-bond donors (Lipinski definition) is 1. The highest BCUT2D eigenvalue weighted by molar-refractivity contribution is 7.71. The van der Waals surface area contributed by atoms with E-state index in [4.69, 9.17) is 21.1 Å². The van der Waals surface area contributed by atoms with Crippen molar-refractivity contribution in [1.82, 2.24) is 10.2 Å². The quantitative estimate of drug-likeness (QED) is 0.764. The number of hydrogen-bond acceptors (Lipinski definition) is 4. The first kappa shape index (κ1) is 8.25. The van der Waals surface area contributed by atoms with Gasteiger partial charge in [0.15, 0.2) is 0 Å². The Morgan fingerprint density at radius 1 is 1.46 bits per heavy atom. The largest absolute Gasteiger partial charge is 0.469 e. The molecule has 2 heterocycles. The lowest BCUT2D eigenvalue weighted by Crippen LogP contribution is -1.89. The Hall–Kier alpha value is -1.36. The summed E-state index contributed by atoms with van der Waals surface area (Å²) < 4.78 is 10.2. The number of nitrogens with one attached hydrogen (secondary N) is 1. The molecule has 0 saturated carbocycles. The van der Waals surface area contributed by atoms with Gasteiger partial charge in [0, 0.05) is 12.8 Å². The van der Waals surface area contributed by atoms with Gasteiger partial charge in [0.2, 0.25) is 5.89 Å². The second kappa shape index (κ2) is 3.57. The van der Waals surface area contributed by atoms with Gasteiger partial charge in [-0.2, -0.15) is 0 Å². The molecule has 68 valence electrons. The number of H-pyrrole nitrogens is 1. The van der Waals surface area contributed by atoms with Crippen molar-refractivity contribution in [2.75, 3.05) is 0 Å². The van der Waals surface area contributed by atoms with E-state index in [0.29, 0.717) is 17.1 Å². The second-order valence-electron chi connectivity index (χ2n) is 2.59. The Morgan fingerprint density at radius 3 is 3.00 bits per heavy atom. The van der Waals surface area contributed by atoms with Crippen LogP contribution in [0, 0.1) is 4.84 Å². The Kier molecular flexibility index (Phi) is 2.27. The van der Waals surface area contributed by atoms with Crippen molar-refractivity contribution in [1.29, 1.82) is 0 Å². The predicted molar refractivity (Wildman–Crippen MR) is 47.8 cm³/mol. The fourth-order valence-electron chi connectivity index (χ4n) is 1.05. The van der Waals surface area contributed by atoms with Crippen LogP contribution in [0.25, 0.3) is 0 Å². The lowest BCUT2D eigenvalue weighted by atomic mass is 10.2. The molecule has 2 rings (SSSR count). The van der Waals surface area contributed by atoms with Gasteiger partial charge < -0.3 is 8.83 Å². The molecule has 0 amide bonds. The van der Waals surface area contributed by atoms with Crippen LogP contribution in [0.2, 0.25) is 0 Å². The molecule has 0 atom stereocenters. The summed E-state index contributed by atoms with van der Waals surface area (Å²) >= 11 is 4.74. The van der Waals surface area contributed by atoms with Crippen LogP contribution in [0.15, 0.2) is 27.2 Å². The summed E-state index contributed by atoms with van der Waals surface area (Å²) in [5, 5.41) is 6.44. The maximum atomic E-state index is 5.16. The van der Waals surface area contributed by atoms with E-state index in [1.807, 2.05) is 12.1 Å². The zero-order chi connectivity index (χ0) is 9.10. The number of aromatic amines is 1. The molecule has 0 bridgehead atoms. The summed E-state index contributed by atoms with van der Waals surface area (Å²) in [4.78, 5) is 0.314. The summed E-state index contributed by atoms with van der Waals surface area (Å²) in [5.41, 5.74) is 0. The molecule has 0 aromatic carbocycles. The highest BCUT2D eigenvalue weighted by Gasteiger charge is 2.01. The fraction of sp³-hybridized carbons (Fsp3) is 0.250. The van der Waals surface area contributed by atoms with E-state index in [1.54, 1.807) is 6.26 Å². The van der Waals surface area contributed by atoms with Crippen molar-refractivity contribution in [3.8, 4) is 0 Å². The number of nitrogens with zero attached hydrogens (tertiary/aromatic N) is 1. The SMILES string of the molecule is S=c1[nH]nc(CCc2ccco2)o1. The standard InChI is InChI=1S/C8H8N2O2S/c13-8-10-9-7(12-8)4-3-6-2-1-5-11-6/h1-2,5H,3-4H2,(H,10,13). The topological polar surface area (TPSA) is 55.0 Å². The average Bonchev–Trinajstić information content (AvgIpc) is 2.71. The molecule has 0 fully saturated rings. The molecule has 0 unspecified atom stereocenters. The maximum absolute atomic E-state index is 5.16. The van der Waals surface area contributed by atoms with Gasteiger partial charge >= 0.3 is 0 Å². The van der Waals surface area contributed by atoms with Crippen LogP contribution >= 0.6 is 12.2 Å². The molecule has 2 aromatic heterocycles. The highest BCUT2D eigenvalue weighted by Crippen LogP contribution is 2.05. The van der Waals surface area contributed by atoms with Crippen LogP contribution < -0.4 is 0 Å². The zero-order valence-corrected chi connectivity index (χ0v) is 7.63. The minimum absolute atomic E-state index is 0.314. The van der Waals surface area contributed by atoms with Gasteiger partial charge in [0.05, 0.1) is 6.26 Å². The van der Waals surface area contributed by atoms with Gasteiger partial charge in [-0.3, -0.25) is 0 Å². The van der Waals surface area contributed by atoms with Crippen LogP contribution in [0.4, 0.5) is 0 Å². The summed E-state index contributed by atoms with van der Waals surface area (Å²) in [6, 6.07) is 3.77. The third-order valence-corrected chi connectivity index (χ3v) is 1.82. The molecule has 0 saturated heterocycles. The molecule has 0 radical (unpaired) electrons. The van der Waals surface area contributed by atoms with Crippen LogP contribution in [-0.4, -0.2) is 10.2 Å². The summed E-state index contributed by atoms with van der Waals surface area (Å²) in [7, 11) is 0. The Bertz CT molecular complexity index is 415. The molecular weight excluding hydrogens is 188 g/mol. The van der Waals surface area contributed by atoms with E-state index in [2.05, 4.69) is 10.2 Å². The Morgan fingerprint density at radius 2 is 2.38 bits per heavy atom. The van der Waals surface area contributed by atoms with Gasteiger partial charge in [-0.25, -0.2) is 5.10 Å². The van der Waals surface area contributed by atoms with Crippen molar-refractivity contribution >= 4 is 12.2 Å². The van der Waals surface area contributed by atoms with Crippen molar-refractivity contribution in [2.45, 2.75) is 12.8 Å². The van der Waals surface area contributed by atoms with E-state index in [-0.39, 0.29) is 0 Å². The van der Waals surface area contributed by atoms with Crippen molar-refractivity contribution < 1.29 is 8.83 Å². The minimum atomic E-state index is 0.314. The average molecular weight is 196 g/mol. The molecular formula is C8H8N2O2S. The van der Waals surface area contributed by atoms with Crippen LogP contribution in [0.5, 0.6) is 0 Å². The molecule has 0 aliphatic carbocycles. The maximum Gasteiger partial charge on any atom is 0.284 e. The van der Waals surface area contributed by atoms with E-state index in [9.17, 15) is 0 Å². The normalized spacial score (nSPS) is 10.5. The Labute approximate surface area is 79.6 Å². The smallest absolute Gasteiger partial charge is 0.284 e. The van der Waals surface area contributed by atoms with Gasteiger partial charge in [0.25, 0.3) is 4.84 Å². The molecule has 0 aliphatic rings. The van der Waals surface area contributed by atoms with E-state index >= 15 is 0 Å². The van der Waals surface area contributed by atoms with Crippen molar-refractivity contribution in [3.63, 3.8) is 0 Å². The third-order valence-electron chi connectivity index (χ3n) is 1.65. The van der Waals surface area contributed by atoms with Gasteiger partial charge in [-0.05, 0) is 24.4 Å². The van der Waals surface area contributed by atoms with Crippen LogP contribution in [-0.2, 0) is 12.8 Å². The fourth-order valence-corrected chi connectivity index (χ4v) is 1.19. The van der Waals surface area contributed by atoms with E-state index in [1.165, 1.54) is 0 Å². The van der Waals surface area contributed by atoms with E-state index < -0.39 is 0 Å². The number of aromatic nitrogens is 2. The third kappa shape index (κ3) is 2.06. The molecule has 13 heavy (non-hydrogen) atoms. The first-order valence-corrected chi connectivity index (χ1v) is 4.32. The van der Waals surface area contributed by atoms with Crippen LogP contribution in [0.3, 0.4) is 0 Å². The summed E-state index contributed by atoms with van der Waals surface area (Å²) in [5.74, 6) is 1.53. The molecule has 5 heteroatoms. The summed E-state index contributed by atoms with van der Waals surface area (Å²) in [6.07, 6.45) is 3.12. The van der Waals surface area contributed by atoms with Gasteiger partial charge in [-0.1, -0.05) is 0 Å². The van der Waals surface area contributed by atoms with Crippen molar-refractivity contribution in [2.24, 2.45) is 0 Å². The highest BCUT2D eigenvalue weighted by atomic mass is 32.1. The van der Waals surface area contributed by atoms with Crippen LogP contribution in [0.1, 0.15) is 11.7 Å². The van der Waals surface area contributed by atoms with Crippen molar-refractivity contribution in [3.05, 3.63) is 34.9 Å². The first-order valence-electron chi connectivity index (χ1n) is 3.91. The predicted octanol–water partition coefficient (Wildman–Crippen LogP) is 2.11. The van der Waals surface area contributed by atoms with E-state index in [0.717, 1.165) is 12.2 Å². The lowest BCUT2D eigenvalue weighted by molar-refractivity contribution is 0.458. The molecule has 4 nitrogen and oxygen atoms in total. The first-order chi connectivity index (χ1) is 6.34. The summed E-state index contributed by atoms with van der Waals surface area (Å²) in [6.45, 7) is 0. The minimum Gasteiger partial charge on any atom is -0.469 e. The van der Waals surface area contributed by atoms with Gasteiger partial charge in [-0.15, -0.1) is 5.10 Å². The molecule has 2 aromatic rings. The Balaban J connectivity index is 1.97. The lowest BCUT2D eigenvalue weighted by Gasteiger charge is -1.90. The van der Waals surface area contributed by atoms with Gasteiger partial charge in [0.1, 0.15) is 5.76 Å². The number of aryl methyl sites for hydroxylation is 2. The molecule has 1 N–H and O–H groups in total. The second-order valence-corrected chi connectivity index (χ2v) is 2.96. The number of furan rings is 1. The molecule has 0 aliphatic heterocycles. The number of rotatable bonds is 3. The monoisotopic (exact) mass is 196 g/mol.